The van der Waals surface area contributed by atoms with Crippen LogP contribution in [0.5, 0.6) is 5.75 Å². The Kier molecular flexibility index (Phi) is 6.34. The molecule has 0 aliphatic rings. The van der Waals surface area contributed by atoms with Crippen LogP contribution >= 0.6 is 45.2 Å². The third kappa shape index (κ3) is 4.72. The van der Waals surface area contributed by atoms with Crippen molar-refractivity contribution < 1.29 is 4.74 Å². The van der Waals surface area contributed by atoms with Crippen LogP contribution in [-0.2, 0) is 13.7 Å². The van der Waals surface area contributed by atoms with E-state index in [1.807, 2.05) is 54.1 Å². The second-order valence-corrected chi connectivity index (χ2v) is 8.77. The van der Waals surface area contributed by atoms with Crippen molar-refractivity contribution in [2.24, 2.45) is 12.1 Å². The SMILES string of the molecule is Cn1c(N/N=C\c2cc(I)c(OCc3ccccc3)c(I)c2)nc2ccccc21. The first-order valence-electron chi connectivity index (χ1n) is 8.98. The molecule has 3 aromatic carbocycles. The summed E-state index contributed by atoms with van der Waals surface area (Å²) in [6.07, 6.45) is 1.80. The van der Waals surface area contributed by atoms with Gasteiger partial charge in [0.05, 0.1) is 24.4 Å². The number of benzene rings is 3. The van der Waals surface area contributed by atoms with E-state index >= 15 is 0 Å². The fourth-order valence-electron chi connectivity index (χ4n) is 2.93. The molecule has 0 fully saturated rings. The zero-order chi connectivity index (χ0) is 20.2. The quantitative estimate of drug-likeness (QED) is 0.171. The number of nitrogens with one attached hydrogen (secondary N) is 1. The summed E-state index contributed by atoms with van der Waals surface area (Å²) in [5.74, 6) is 1.60. The van der Waals surface area contributed by atoms with Crippen molar-refractivity contribution >= 4 is 68.4 Å². The lowest BCUT2D eigenvalue weighted by atomic mass is 10.2. The number of rotatable bonds is 6. The summed E-state index contributed by atoms with van der Waals surface area (Å²) < 4.78 is 10.1. The molecule has 29 heavy (non-hydrogen) atoms. The Balaban J connectivity index is 1.46. The van der Waals surface area contributed by atoms with Gasteiger partial charge >= 0.3 is 0 Å². The van der Waals surface area contributed by atoms with Gasteiger partial charge in [-0.1, -0.05) is 42.5 Å². The van der Waals surface area contributed by atoms with Gasteiger partial charge in [0.1, 0.15) is 12.4 Å². The monoisotopic (exact) mass is 608 g/mol. The maximum absolute atomic E-state index is 6.04. The summed E-state index contributed by atoms with van der Waals surface area (Å²) in [6, 6.07) is 22.3. The van der Waals surface area contributed by atoms with Crippen LogP contribution in [0.1, 0.15) is 11.1 Å². The summed E-state index contributed by atoms with van der Waals surface area (Å²) >= 11 is 4.61. The number of halogens is 2. The van der Waals surface area contributed by atoms with Crippen molar-refractivity contribution in [3.63, 3.8) is 0 Å². The van der Waals surface area contributed by atoms with E-state index in [1.54, 1.807) is 6.21 Å². The van der Waals surface area contributed by atoms with Crippen molar-refractivity contribution in [3.8, 4) is 5.75 Å². The van der Waals surface area contributed by atoms with E-state index in [0.717, 1.165) is 35.1 Å². The lowest BCUT2D eigenvalue weighted by molar-refractivity contribution is 0.302. The van der Waals surface area contributed by atoms with Crippen molar-refractivity contribution in [1.82, 2.24) is 9.55 Å². The fourth-order valence-corrected chi connectivity index (χ4v) is 5.06. The standard InChI is InChI=1S/C22H18I2N4O/c1-28-20-10-6-5-9-19(20)26-22(28)27-25-13-16-11-17(23)21(18(24)12-16)29-14-15-7-3-2-4-8-15/h2-13H,14H2,1H3,(H,26,27)/b25-13-. The average molecular weight is 608 g/mol. The Bertz CT molecular complexity index is 1150. The molecule has 0 aliphatic heterocycles. The van der Waals surface area contributed by atoms with Gasteiger partial charge in [-0.15, -0.1) is 0 Å². The van der Waals surface area contributed by atoms with E-state index < -0.39 is 0 Å². The van der Waals surface area contributed by atoms with E-state index in [4.69, 9.17) is 4.74 Å². The molecule has 1 heterocycles. The lowest BCUT2D eigenvalue weighted by Crippen LogP contribution is -2.01. The van der Waals surface area contributed by atoms with Gasteiger partial charge in [0, 0.05) is 7.05 Å². The Morgan fingerprint density at radius 1 is 1.03 bits per heavy atom. The Hall–Kier alpha value is -2.14. The Morgan fingerprint density at radius 3 is 2.45 bits per heavy atom. The second kappa shape index (κ2) is 9.12. The molecule has 0 unspecified atom stereocenters. The number of hydrazone groups is 1. The van der Waals surface area contributed by atoms with Crippen LogP contribution in [0.4, 0.5) is 5.95 Å². The number of ether oxygens (including phenoxy) is 1. The molecule has 7 heteroatoms. The summed E-state index contributed by atoms with van der Waals surface area (Å²) in [5, 5.41) is 4.37. The number of fused-ring (bicyclic) bond motifs is 1. The minimum atomic E-state index is 0.550. The molecule has 0 atom stereocenters. The highest BCUT2D eigenvalue weighted by Crippen LogP contribution is 2.29. The molecule has 4 rings (SSSR count). The molecule has 1 N–H and O–H groups in total. The number of anilines is 1. The van der Waals surface area contributed by atoms with E-state index in [0.29, 0.717) is 12.6 Å². The summed E-state index contributed by atoms with van der Waals surface area (Å²) in [6.45, 7) is 0.550. The zero-order valence-electron chi connectivity index (χ0n) is 15.6. The predicted molar refractivity (Wildman–Crippen MR) is 135 cm³/mol. The van der Waals surface area contributed by atoms with Gasteiger partial charge < -0.3 is 9.30 Å². The summed E-state index contributed by atoms with van der Waals surface area (Å²) in [5.41, 5.74) is 7.19. The molecule has 146 valence electrons. The van der Waals surface area contributed by atoms with Crippen LogP contribution in [0.3, 0.4) is 0 Å². The normalized spacial score (nSPS) is 11.3. The van der Waals surface area contributed by atoms with Gasteiger partial charge in [0.2, 0.25) is 5.95 Å². The highest BCUT2D eigenvalue weighted by molar-refractivity contribution is 14.1. The highest BCUT2D eigenvalue weighted by atomic mass is 127. The topological polar surface area (TPSA) is 51.4 Å². The van der Waals surface area contributed by atoms with Crippen LogP contribution in [0.2, 0.25) is 0 Å². The van der Waals surface area contributed by atoms with E-state index in [2.05, 4.69) is 85.0 Å². The van der Waals surface area contributed by atoms with Crippen molar-refractivity contribution in [2.45, 2.75) is 6.61 Å². The van der Waals surface area contributed by atoms with Gasteiger partial charge in [-0.3, -0.25) is 0 Å². The molecule has 4 aromatic rings. The van der Waals surface area contributed by atoms with Crippen LogP contribution in [0, 0.1) is 7.14 Å². The number of hydrogen-bond acceptors (Lipinski definition) is 4. The van der Waals surface area contributed by atoms with Crippen LogP contribution in [-0.4, -0.2) is 15.8 Å². The smallest absolute Gasteiger partial charge is 0.224 e. The number of aryl methyl sites for hydroxylation is 1. The zero-order valence-corrected chi connectivity index (χ0v) is 20.0. The van der Waals surface area contributed by atoms with Crippen LogP contribution in [0.15, 0.2) is 71.8 Å². The van der Waals surface area contributed by atoms with Gasteiger partial charge in [0.15, 0.2) is 0 Å². The first kappa shape index (κ1) is 20.1. The summed E-state index contributed by atoms with van der Waals surface area (Å²) in [7, 11) is 1.97. The van der Waals surface area contributed by atoms with Gasteiger partial charge in [0.25, 0.3) is 0 Å². The van der Waals surface area contributed by atoms with Gasteiger partial charge in [-0.2, -0.15) is 5.10 Å². The molecular weight excluding hydrogens is 590 g/mol. The first-order valence-corrected chi connectivity index (χ1v) is 11.1. The van der Waals surface area contributed by atoms with E-state index in [9.17, 15) is 0 Å². The third-order valence-corrected chi connectivity index (χ3v) is 6.01. The number of hydrogen-bond donors (Lipinski definition) is 1. The largest absolute Gasteiger partial charge is 0.487 e. The maximum atomic E-state index is 6.04. The predicted octanol–water partition coefficient (Wildman–Crippen LogP) is 5.81. The molecule has 0 spiro atoms. The van der Waals surface area contributed by atoms with E-state index in [-0.39, 0.29) is 0 Å². The number of imidazole rings is 1. The lowest BCUT2D eigenvalue weighted by Gasteiger charge is -2.11. The Labute approximate surface area is 196 Å². The molecule has 5 nitrogen and oxygen atoms in total. The molecule has 0 radical (unpaired) electrons. The molecule has 0 bridgehead atoms. The van der Waals surface area contributed by atoms with Crippen LogP contribution in [0.25, 0.3) is 11.0 Å². The molecule has 0 aliphatic carbocycles. The average Bonchev–Trinajstić information content (AvgIpc) is 3.04. The van der Waals surface area contributed by atoms with Crippen LogP contribution < -0.4 is 10.2 Å². The first-order chi connectivity index (χ1) is 14.1. The van der Waals surface area contributed by atoms with Crippen molar-refractivity contribution in [3.05, 3.63) is 85.0 Å². The fraction of sp³-hybridized carbons (Fsp3) is 0.0909. The number of para-hydroxylation sites is 2. The van der Waals surface area contributed by atoms with Crippen molar-refractivity contribution in [1.29, 1.82) is 0 Å². The van der Waals surface area contributed by atoms with Gasteiger partial charge in [-0.05, 0) is 80.6 Å². The van der Waals surface area contributed by atoms with Crippen molar-refractivity contribution in [2.75, 3.05) is 5.43 Å². The molecule has 0 amide bonds. The second-order valence-electron chi connectivity index (χ2n) is 6.44. The number of aromatic nitrogens is 2. The summed E-state index contributed by atoms with van der Waals surface area (Å²) in [4.78, 5) is 4.56. The van der Waals surface area contributed by atoms with E-state index in [1.165, 1.54) is 0 Å². The minimum absolute atomic E-state index is 0.550. The molecule has 1 aromatic heterocycles. The molecule has 0 saturated carbocycles. The molecular formula is C22H18I2N4O. The Morgan fingerprint density at radius 2 is 1.72 bits per heavy atom. The third-order valence-electron chi connectivity index (χ3n) is 4.41. The minimum Gasteiger partial charge on any atom is -0.487 e. The molecule has 0 saturated heterocycles. The van der Waals surface area contributed by atoms with Gasteiger partial charge in [-0.25, -0.2) is 10.4 Å². The highest BCUT2D eigenvalue weighted by Gasteiger charge is 2.09. The number of nitrogens with zero attached hydrogens (tertiary/aromatic N) is 3. The maximum Gasteiger partial charge on any atom is 0.224 e.